The number of aromatic amines is 2. The van der Waals surface area contributed by atoms with Crippen LogP contribution in [0.3, 0.4) is 0 Å². The number of rotatable bonds is 13. The lowest BCUT2D eigenvalue weighted by Crippen LogP contribution is -2.64. The first-order valence-electron chi connectivity index (χ1n) is 32.1. The molecule has 524 valence electrons. The van der Waals surface area contributed by atoms with Gasteiger partial charge in [0.15, 0.2) is 0 Å². The number of aromatic nitrogens is 2. The minimum Gasteiger partial charge on any atom is -0.508 e. The number of nitrogens with one attached hydrogen (secondary N) is 10. The average Bonchev–Trinajstić information content (AvgIpc) is 1.58. The van der Waals surface area contributed by atoms with Crippen LogP contribution < -0.4 is 54.0 Å². The van der Waals surface area contributed by atoms with Crippen LogP contribution >= 0.6 is 23.5 Å². The highest BCUT2D eigenvalue weighted by molar-refractivity contribution is 7.98. The summed E-state index contributed by atoms with van der Waals surface area (Å²) in [4.78, 5) is 164. The molecule has 0 spiro atoms. The van der Waals surface area contributed by atoms with E-state index in [9.17, 15) is 62.1 Å². The summed E-state index contributed by atoms with van der Waals surface area (Å²) in [5, 5.41) is 42.3. The van der Waals surface area contributed by atoms with E-state index in [4.69, 9.17) is 11.5 Å². The lowest BCUT2D eigenvalue weighted by Gasteiger charge is -2.37. The molecule has 6 aromatic rings. The van der Waals surface area contributed by atoms with E-state index in [1.54, 1.807) is 0 Å². The lowest BCUT2D eigenvalue weighted by atomic mass is 9.83. The van der Waals surface area contributed by atoms with Crippen LogP contribution in [0.25, 0.3) is 21.8 Å². The molecule has 8 atom stereocenters. The van der Waals surface area contributed by atoms with Crippen molar-refractivity contribution >= 4 is 110 Å². The van der Waals surface area contributed by atoms with Crippen LogP contribution in [0.1, 0.15) is 94.0 Å². The van der Waals surface area contributed by atoms with E-state index in [0.29, 0.717) is 70.6 Å². The van der Waals surface area contributed by atoms with Crippen molar-refractivity contribution in [3.63, 3.8) is 0 Å². The average molecular weight is 1390 g/mol. The molecule has 4 heterocycles. The predicted molar refractivity (Wildman–Crippen MR) is 364 cm³/mol. The van der Waals surface area contributed by atoms with Crippen LogP contribution in [-0.2, 0) is 83.5 Å². The smallest absolute Gasteiger partial charge is 0.311 e. The van der Waals surface area contributed by atoms with E-state index in [2.05, 4.69) is 52.5 Å². The van der Waals surface area contributed by atoms with Gasteiger partial charge in [0.05, 0.1) is 12.0 Å². The number of nitrogens with two attached hydrogens (primary N) is 2. The molecule has 0 radical (unpaired) electrons. The van der Waals surface area contributed by atoms with Gasteiger partial charge < -0.3 is 79.1 Å². The summed E-state index contributed by atoms with van der Waals surface area (Å²) in [5.41, 5.74) is 11.5. The van der Waals surface area contributed by atoms with Gasteiger partial charge in [-0.15, -0.1) is 0 Å². The molecule has 26 nitrogen and oxygen atoms in total. The van der Waals surface area contributed by atoms with Crippen LogP contribution in [0, 0.1) is 17.0 Å². The van der Waals surface area contributed by atoms with Crippen molar-refractivity contribution in [1.29, 1.82) is 0 Å². The minimum atomic E-state index is -2.21. The van der Waals surface area contributed by atoms with E-state index in [0.717, 1.165) is 25.0 Å². The van der Waals surface area contributed by atoms with Crippen LogP contribution in [0.5, 0.6) is 5.75 Å². The number of phenolic OH excluding ortho intramolecular Hbond substituents is 1. The number of halogens is 2. The number of carboxylic acids is 1. The molecule has 4 aromatic carbocycles. The van der Waals surface area contributed by atoms with Gasteiger partial charge in [-0.25, -0.2) is 8.78 Å². The largest absolute Gasteiger partial charge is 0.508 e. The third-order valence-electron chi connectivity index (χ3n) is 17.5. The number of benzene rings is 4. The number of H-pyrrole nitrogens is 2. The fourth-order valence-corrected chi connectivity index (χ4v) is 13.6. The SMILES string of the molecule is C[C@H]1NC(=O)[C@H](C(C)(C)C(=O)O)NC(=O)[C@H](Cc2c[nH]c3ccc(F)cc23)NC(=O)[C@H](Cc2c[nH]c3ccc(F)cc23)NC(=O)CNC(=O)[C@H](CCCCN)NC(=O)CCSCc2cccc(c2)CSC[C@@H](C(N)=O)NC(=O)[C@]2(C)CCCN2C(=O)[C@H](Cc2ccc(O)cc2)NC1=O. The summed E-state index contributed by atoms with van der Waals surface area (Å²) in [6.07, 6.45) is 3.43. The topological polar surface area (TPSA) is 411 Å². The van der Waals surface area contributed by atoms with Crippen LogP contribution in [0.4, 0.5) is 8.78 Å². The number of amides is 10. The molecule has 8 rings (SSSR count). The van der Waals surface area contributed by atoms with Gasteiger partial charge >= 0.3 is 5.97 Å². The Labute approximate surface area is 572 Å². The summed E-state index contributed by atoms with van der Waals surface area (Å²) in [7, 11) is 0. The third-order valence-corrected chi connectivity index (χ3v) is 19.6. The number of hydrogen-bond acceptors (Lipinski definition) is 15. The van der Waals surface area contributed by atoms with Crippen molar-refractivity contribution in [3.8, 4) is 5.75 Å². The number of thioether (sulfide) groups is 2. The Morgan fingerprint density at radius 1 is 0.673 bits per heavy atom. The van der Waals surface area contributed by atoms with E-state index < -0.39 is 143 Å². The first kappa shape index (κ1) is 74.2. The molecule has 1 saturated heterocycles. The maximum atomic E-state index is 15.1. The summed E-state index contributed by atoms with van der Waals surface area (Å²) in [5.74, 6) is -10.5. The van der Waals surface area contributed by atoms with Crippen LogP contribution in [0.15, 0.2) is 97.3 Å². The number of carbonyl (C=O) groups is 11. The van der Waals surface area contributed by atoms with Crippen LogP contribution in [0.2, 0.25) is 0 Å². The molecular weight excluding hydrogens is 1310 g/mol. The standard InChI is InChI=1S/C68H83F2N13O13S2/c1-37-59(88)80-53(26-38-12-16-45(84)17-13-38)64(93)83-23-8-21-68(83,4)65(94)81-54(58(72)87)36-98-35-40-10-7-9-39(25-40)34-97-24-20-55(85)77-50(11-5-6-22-71)60(89)75-33-56(86)78-51(27-41-31-73-48-18-14-43(69)29-46(41)48)61(90)79-52(28-42-32-74-49-19-15-44(70)30-47(42)49)62(91)82-57(63(92)76-37)67(2,3)66(95)96/h7,9-10,12-19,25,29-32,37,50-54,57,73-74,84H,5-6,8,11,20-24,26-28,33-36,71H2,1-4H3,(H2,72,87)(H,75,89)(H,76,92)(H,77,85)(H,78,86)(H,79,90)(H,80,88)(H,81,94)(H,82,91)(H,95,96)/t37-,50+,51+,52+,53+,54+,57-,68+/m1/s1. The molecule has 2 bridgehead atoms. The van der Waals surface area contributed by atoms with Crippen molar-refractivity contribution in [2.75, 3.05) is 31.1 Å². The maximum absolute atomic E-state index is 15.1. The number of nitrogens with zero attached hydrogens (tertiary/aromatic N) is 1. The van der Waals surface area contributed by atoms with Gasteiger partial charge in [-0.05, 0) is 143 Å². The Bertz CT molecular complexity index is 3950. The molecule has 30 heteroatoms. The molecule has 2 aromatic heterocycles. The number of unbranched alkanes of at least 4 members (excludes halogenated alkanes) is 1. The molecule has 0 aliphatic carbocycles. The van der Waals surface area contributed by atoms with Crippen molar-refractivity contribution in [2.24, 2.45) is 16.9 Å². The predicted octanol–water partition coefficient (Wildman–Crippen LogP) is 2.87. The molecule has 2 aliphatic heterocycles. The van der Waals surface area contributed by atoms with Crippen molar-refractivity contribution < 1.29 is 71.7 Å². The zero-order chi connectivity index (χ0) is 71.0. The Hall–Kier alpha value is -9.55. The number of fused-ring (bicyclic) bond motifs is 5. The molecule has 10 amide bonds. The van der Waals surface area contributed by atoms with Crippen molar-refractivity contribution in [1.82, 2.24) is 57.4 Å². The number of carbonyl (C=O) groups excluding carboxylic acids is 10. The van der Waals surface area contributed by atoms with E-state index in [1.807, 2.05) is 24.3 Å². The van der Waals surface area contributed by atoms with Gasteiger partial charge in [-0.3, -0.25) is 52.7 Å². The van der Waals surface area contributed by atoms with Gasteiger partial charge in [0.2, 0.25) is 59.1 Å². The Balaban J connectivity index is 1.13. The lowest BCUT2D eigenvalue weighted by molar-refractivity contribution is -0.153. The maximum Gasteiger partial charge on any atom is 0.311 e. The number of hydrogen-bond donors (Lipinski definition) is 14. The first-order valence-corrected chi connectivity index (χ1v) is 34.4. The molecule has 0 unspecified atom stereocenters. The zero-order valence-electron chi connectivity index (χ0n) is 54.7. The second-order valence-electron chi connectivity index (χ2n) is 25.3. The normalized spacial score (nSPS) is 23.2. The summed E-state index contributed by atoms with van der Waals surface area (Å²) < 4.78 is 29.8. The summed E-state index contributed by atoms with van der Waals surface area (Å²) >= 11 is 2.79. The highest BCUT2D eigenvalue weighted by Gasteiger charge is 2.49. The Morgan fingerprint density at radius 3 is 1.88 bits per heavy atom. The van der Waals surface area contributed by atoms with Gasteiger partial charge in [-0.2, -0.15) is 23.5 Å². The van der Waals surface area contributed by atoms with Crippen molar-refractivity contribution in [3.05, 3.63) is 137 Å². The molecule has 0 saturated carbocycles. The highest BCUT2D eigenvalue weighted by Crippen LogP contribution is 2.32. The summed E-state index contributed by atoms with van der Waals surface area (Å²) in [6.45, 7) is 4.58. The minimum absolute atomic E-state index is 0.0125. The second-order valence-corrected chi connectivity index (χ2v) is 27.4. The number of phenols is 1. The van der Waals surface area contributed by atoms with Crippen LogP contribution in [-0.4, -0.2) is 169 Å². The molecule has 98 heavy (non-hydrogen) atoms. The number of primary amides is 1. The molecule has 2 aliphatic rings. The van der Waals surface area contributed by atoms with E-state index in [1.165, 1.54) is 115 Å². The second kappa shape index (κ2) is 33.6. The first-order chi connectivity index (χ1) is 46.6. The molecular formula is C68H83F2N13O13S2. The summed E-state index contributed by atoms with van der Waals surface area (Å²) in [6, 6.07) is 10.2. The quantitative estimate of drug-likeness (QED) is 0.0739. The number of aromatic hydroxyl groups is 1. The van der Waals surface area contributed by atoms with E-state index in [-0.39, 0.29) is 61.1 Å². The monoisotopic (exact) mass is 1390 g/mol. The number of aliphatic carboxylic acids is 1. The zero-order valence-corrected chi connectivity index (χ0v) is 56.3. The van der Waals surface area contributed by atoms with Gasteiger partial charge in [0, 0.05) is 89.4 Å². The van der Waals surface area contributed by atoms with Gasteiger partial charge in [-0.1, -0.05) is 36.4 Å². The third kappa shape index (κ3) is 19.4. The van der Waals surface area contributed by atoms with Crippen molar-refractivity contribution in [2.45, 2.75) is 145 Å². The Kier molecular flexibility index (Phi) is 25.5. The fourth-order valence-electron chi connectivity index (χ4n) is 11.7. The van der Waals surface area contributed by atoms with E-state index >= 15 is 9.59 Å². The Morgan fingerprint density at radius 2 is 1.27 bits per heavy atom. The highest BCUT2D eigenvalue weighted by atomic mass is 32.2. The molecule has 1 fully saturated rings. The number of carboxylic acid groups (broad SMARTS) is 1. The van der Waals surface area contributed by atoms with Gasteiger partial charge in [0.1, 0.15) is 65.2 Å². The molecule has 16 N–H and O–H groups in total. The van der Waals surface area contributed by atoms with Gasteiger partial charge in [0.25, 0.3) is 0 Å². The fraction of sp³-hybridized carbons (Fsp3) is 0.426.